The second-order valence-electron chi connectivity index (χ2n) is 4.51. The van der Waals surface area contributed by atoms with Gasteiger partial charge in [-0.05, 0) is 29.8 Å². The molecule has 0 aliphatic heterocycles. The van der Waals surface area contributed by atoms with E-state index < -0.39 is 17.6 Å². The van der Waals surface area contributed by atoms with Crippen molar-refractivity contribution in [2.24, 2.45) is 0 Å². The van der Waals surface area contributed by atoms with Gasteiger partial charge in [0.25, 0.3) is 0 Å². The summed E-state index contributed by atoms with van der Waals surface area (Å²) >= 11 is 0. The summed E-state index contributed by atoms with van der Waals surface area (Å²) in [5.41, 5.74) is 5.60. The molecule has 2 aromatic rings. The van der Waals surface area contributed by atoms with Gasteiger partial charge in [0.15, 0.2) is 0 Å². The Hall–Kier alpha value is -2.50. The third-order valence-corrected chi connectivity index (χ3v) is 2.82. The lowest BCUT2D eigenvalue weighted by molar-refractivity contribution is -0.137. The zero-order chi connectivity index (χ0) is 15.5. The largest absolute Gasteiger partial charge is 0.418 e. The molecule has 6 heteroatoms. The summed E-state index contributed by atoms with van der Waals surface area (Å²) in [5.74, 6) is -0.530. The summed E-state index contributed by atoms with van der Waals surface area (Å²) in [6, 6.07) is 11.5. The Kier molecular flexibility index (Phi) is 4.16. The highest BCUT2D eigenvalue weighted by molar-refractivity contribution is 5.93. The lowest BCUT2D eigenvalue weighted by Crippen LogP contribution is -2.18. The van der Waals surface area contributed by atoms with Crippen LogP contribution in [0.15, 0.2) is 48.5 Å². The van der Waals surface area contributed by atoms with E-state index in [-0.39, 0.29) is 12.1 Å². The third-order valence-electron chi connectivity index (χ3n) is 2.82. The Morgan fingerprint density at radius 2 is 1.81 bits per heavy atom. The summed E-state index contributed by atoms with van der Waals surface area (Å²) in [6.45, 7) is 0. The van der Waals surface area contributed by atoms with Crippen LogP contribution >= 0.6 is 0 Å². The topological polar surface area (TPSA) is 55.1 Å². The first-order valence-corrected chi connectivity index (χ1v) is 6.17. The Morgan fingerprint density at radius 1 is 1.10 bits per heavy atom. The molecule has 1 amide bonds. The lowest BCUT2D eigenvalue weighted by atomic mass is 10.1. The first-order chi connectivity index (χ1) is 9.86. The van der Waals surface area contributed by atoms with Crippen molar-refractivity contribution in [2.45, 2.75) is 12.6 Å². The molecule has 3 N–H and O–H groups in total. The van der Waals surface area contributed by atoms with Crippen molar-refractivity contribution in [3.8, 4) is 0 Å². The van der Waals surface area contributed by atoms with Gasteiger partial charge < -0.3 is 11.1 Å². The summed E-state index contributed by atoms with van der Waals surface area (Å²) in [7, 11) is 0. The van der Waals surface area contributed by atoms with Crippen LogP contribution in [-0.4, -0.2) is 5.91 Å². The van der Waals surface area contributed by atoms with E-state index in [0.29, 0.717) is 11.3 Å². The summed E-state index contributed by atoms with van der Waals surface area (Å²) < 4.78 is 38.4. The van der Waals surface area contributed by atoms with Gasteiger partial charge in [-0.2, -0.15) is 13.2 Å². The average Bonchev–Trinajstić information content (AvgIpc) is 2.37. The smallest absolute Gasteiger partial charge is 0.399 e. The van der Waals surface area contributed by atoms with Crippen LogP contribution in [0.2, 0.25) is 0 Å². The van der Waals surface area contributed by atoms with Crippen LogP contribution in [0.5, 0.6) is 0 Å². The van der Waals surface area contributed by atoms with Crippen LogP contribution in [0, 0.1) is 0 Å². The van der Waals surface area contributed by atoms with Gasteiger partial charge in [-0.3, -0.25) is 4.79 Å². The minimum absolute atomic E-state index is 0.0444. The van der Waals surface area contributed by atoms with E-state index in [9.17, 15) is 18.0 Å². The summed E-state index contributed by atoms with van der Waals surface area (Å²) in [4.78, 5) is 11.9. The minimum Gasteiger partial charge on any atom is -0.399 e. The summed E-state index contributed by atoms with van der Waals surface area (Å²) in [6.07, 6.45) is -4.56. The SMILES string of the molecule is Nc1cccc(CC(=O)Nc2ccccc2C(F)(F)F)c1. The molecule has 0 heterocycles. The zero-order valence-corrected chi connectivity index (χ0v) is 10.9. The number of halogens is 3. The van der Waals surface area contributed by atoms with Crippen LogP contribution in [-0.2, 0) is 17.4 Å². The van der Waals surface area contributed by atoms with E-state index in [1.165, 1.54) is 18.2 Å². The molecule has 110 valence electrons. The zero-order valence-electron chi connectivity index (χ0n) is 10.9. The number of carbonyl (C=O) groups is 1. The maximum atomic E-state index is 12.8. The number of nitrogens with one attached hydrogen (secondary N) is 1. The van der Waals surface area contributed by atoms with Crippen molar-refractivity contribution >= 4 is 17.3 Å². The van der Waals surface area contributed by atoms with Crippen molar-refractivity contribution in [3.63, 3.8) is 0 Å². The summed E-state index contributed by atoms with van der Waals surface area (Å²) in [5, 5.41) is 2.29. The molecule has 2 aromatic carbocycles. The second-order valence-corrected chi connectivity index (χ2v) is 4.51. The van der Waals surface area contributed by atoms with Crippen molar-refractivity contribution in [3.05, 3.63) is 59.7 Å². The molecule has 0 saturated carbocycles. The molecule has 2 rings (SSSR count). The Bertz CT molecular complexity index is 653. The number of para-hydroxylation sites is 1. The second kappa shape index (κ2) is 5.87. The Labute approximate surface area is 119 Å². The van der Waals surface area contributed by atoms with Gasteiger partial charge in [0.1, 0.15) is 0 Å². The quantitative estimate of drug-likeness (QED) is 0.852. The normalized spacial score (nSPS) is 11.2. The molecule has 0 spiro atoms. The van der Waals surface area contributed by atoms with Crippen LogP contribution in [0.1, 0.15) is 11.1 Å². The molecule has 21 heavy (non-hydrogen) atoms. The molecular weight excluding hydrogens is 281 g/mol. The van der Waals surface area contributed by atoms with Crippen molar-refractivity contribution in [1.82, 2.24) is 0 Å². The maximum absolute atomic E-state index is 12.8. The highest BCUT2D eigenvalue weighted by Crippen LogP contribution is 2.34. The van der Waals surface area contributed by atoms with E-state index in [4.69, 9.17) is 5.73 Å². The molecule has 0 atom stereocenters. The van der Waals surface area contributed by atoms with Gasteiger partial charge >= 0.3 is 6.18 Å². The highest BCUT2D eigenvalue weighted by atomic mass is 19.4. The fraction of sp³-hybridized carbons (Fsp3) is 0.133. The number of nitrogens with two attached hydrogens (primary N) is 1. The number of nitrogen functional groups attached to an aromatic ring is 1. The number of hydrogen-bond donors (Lipinski definition) is 2. The van der Waals surface area contributed by atoms with E-state index in [2.05, 4.69) is 5.32 Å². The predicted molar refractivity (Wildman–Crippen MR) is 74.6 cm³/mol. The van der Waals surface area contributed by atoms with Crippen molar-refractivity contribution < 1.29 is 18.0 Å². The molecule has 3 nitrogen and oxygen atoms in total. The van der Waals surface area contributed by atoms with Gasteiger partial charge in [0, 0.05) is 5.69 Å². The van der Waals surface area contributed by atoms with E-state index >= 15 is 0 Å². The standard InChI is InChI=1S/C15H13F3N2O/c16-15(17,18)12-6-1-2-7-13(12)20-14(21)9-10-4-3-5-11(19)8-10/h1-8H,9,19H2,(H,20,21). The molecule has 0 unspecified atom stereocenters. The van der Waals surface area contributed by atoms with Crippen molar-refractivity contribution in [1.29, 1.82) is 0 Å². The minimum atomic E-state index is -4.51. The fourth-order valence-electron chi connectivity index (χ4n) is 1.92. The Morgan fingerprint density at radius 3 is 2.48 bits per heavy atom. The van der Waals surface area contributed by atoms with Gasteiger partial charge in [0.05, 0.1) is 17.7 Å². The van der Waals surface area contributed by atoms with Crippen molar-refractivity contribution in [2.75, 3.05) is 11.1 Å². The first-order valence-electron chi connectivity index (χ1n) is 6.17. The molecule has 0 fully saturated rings. The number of carbonyl (C=O) groups excluding carboxylic acids is 1. The number of rotatable bonds is 3. The molecule has 0 aliphatic carbocycles. The van der Waals surface area contributed by atoms with E-state index in [1.807, 2.05) is 0 Å². The van der Waals surface area contributed by atoms with Crippen LogP contribution in [0.25, 0.3) is 0 Å². The van der Waals surface area contributed by atoms with E-state index in [0.717, 1.165) is 6.07 Å². The molecule has 0 radical (unpaired) electrons. The monoisotopic (exact) mass is 294 g/mol. The fourth-order valence-corrected chi connectivity index (χ4v) is 1.92. The van der Waals surface area contributed by atoms with Gasteiger partial charge in [-0.1, -0.05) is 24.3 Å². The van der Waals surface area contributed by atoms with E-state index in [1.54, 1.807) is 24.3 Å². The van der Waals surface area contributed by atoms with Gasteiger partial charge in [-0.15, -0.1) is 0 Å². The highest BCUT2D eigenvalue weighted by Gasteiger charge is 2.33. The third kappa shape index (κ3) is 3.98. The number of amides is 1. The number of benzene rings is 2. The van der Waals surface area contributed by atoms with Gasteiger partial charge in [0.2, 0.25) is 5.91 Å². The number of alkyl halides is 3. The molecule has 0 bridgehead atoms. The Balaban J connectivity index is 2.14. The van der Waals surface area contributed by atoms with Crippen LogP contribution in [0.4, 0.5) is 24.5 Å². The number of hydrogen-bond acceptors (Lipinski definition) is 2. The predicted octanol–water partition coefficient (Wildman–Crippen LogP) is 3.47. The van der Waals surface area contributed by atoms with Gasteiger partial charge in [-0.25, -0.2) is 0 Å². The molecule has 0 saturated heterocycles. The first kappa shape index (κ1) is 14.9. The number of anilines is 2. The van der Waals surface area contributed by atoms with Crippen LogP contribution in [0.3, 0.4) is 0 Å². The lowest BCUT2D eigenvalue weighted by Gasteiger charge is -2.13. The maximum Gasteiger partial charge on any atom is 0.418 e. The molecule has 0 aromatic heterocycles. The average molecular weight is 294 g/mol. The molecular formula is C15H13F3N2O. The van der Waals surface area contributed by atoms with Crippen LogP contribution < -0.4 is 11.1 Å². The molecule has 0 aliphatic rings.